The maximum atomic E-state index is 5.55. The summed E-state index contributed by atoms with van der Waals surface area (Å²) in [5.41, 5.74) is 2.51. The number of hydrogen-bond donors (Lipinski definition) is 1. The highest BCUT2D eigenvalue weighted by atomic mass is 16.5. The molecule has 0 saturated heterocycles. The zero-order valence-corrected chi connectivity index (χ0v) is 11.5. The summed E-state index contributed by atoms with van der Waals surface area (Å²) >= 11 is 0. The summed E-state index contributed by atoms with van der Waals surface area (Å²) in [6, 6.07) is 6.96. The molecule has 0 radical (unpaired) electrons. The molecule has 1 aromatic carbocycles. The average Bonchev–Trinajstić information content (AvgIpc) is 2.32. The molecule has 1 N–H and O–H groups in total. The van der Waals surface area contributed by atoms with Crippen molar-refractivity contribution >= 4 is 0 Å². The Kier molecular flexibility index (Phi) is 4.61. The third kappa shape index (κ3) is 3.24. The fraction of sp³-hybridized carbons (Fsp3) is 0.600. The van der Waals surface area contributed by atoms with Crippen LogP contribution in [0.5, 0.6) is 5.75 Å². The van der Waals surface area contributed by atoms with Gasteiger partial charge in [-0.3, -0.25) is 0 Å². The lowest BCUT2D eigenvalue weighted by atomic mass is 9.89. The largest absolute Gasteiger partial charge is 0.496 e. The maximum Gasteiger partial charge on any atom is 0.121 e. The van der Waals surface area contributed by atoms with E-state index in [1.54, 1.807) is 7.11 Å². The van der Waals surface area contributed by atoms with Crippen molar-refractivity contribution in [2.45, 2.75) is 45.4 Å². The molecule has 1 aromatic rings. The van der Waals surface area contributed by atoms with Gasteiger partial charge in [-0.2, -0.15) is 0 Å². The first-order valence-electron chi connectivity index (χ1n) is 6.71. The summed E-state index contributed by atoms with van der Waals surface area (Å²) in [4.78, 5) is 0. The quantitative estimate of drug-likeness (QED) is 0.840. The van der Waals surface area contributed by atoms with Gasteiger partial charge in [0.05, 0.1) is 13.2 Å². The van der Waals surface area contributed by atoms with E-state index in [2.05, 4.69) is 31.3 Å². The zero-order valence-electron chi connectivity index (χ0n) is 11.5. The lowest BCUT2D eigenvalue weighted by molar-refractivity contribution is -0.0102. The second kappa shape index (κ2) is 6.21. The lowest BCUT2D eigenvalue weighted by Gasteiger charge is -2.35. The first kappa shape index (κ1) is 13.4. The van der Waals surface area contributed by atoms with Crippen LogP contribution in [0.4, 0.5) is 0 Å². The predicted octanol–water partition coefficient (Wildman–Crippen LogP) is 2.66. The molecule has 3 nitrogen and oxygen atoms in total. The van der Waals surface area contributed by atoms with Crippen molar-refractivity contribution in [2.24, 2.45) is 0 Å². The Morgan fingerprint density at radius 1 is 1.33 bits per heavy atom. The first-order chi connectivity index (χ1) is 8.72. The van der Waals surface area contributed by atoms with Crippen molar-refractivity contribution < 1.29 is 9.47 Å². The smallest absolute Gasteiger partial charge is 0.121 e. The van der Waals surface area contributed by atoms with Gasteiger partial charge in [-0.1, -0.05) is 12.1 Å². The normalized spacial score (nSPS) is 22.6. The maximum absolute atomic E-state index is 5.55. The van der Waals surface area contributed by atoms with Crippen molar-refractivity contribution in [3.63, 3.8) is 0 Å². The molecule has 0 atom stereocenters. The molecule has 2 rings (SSSR count). The Balaban J connectivity index is 1.76. The van der Waals surface area contributed by atoms with E-state index < -0.39 is 0 Å². The molecule has 100 valence electrons. The monoisotopic (exact) mass is 249 g/mol. The topological polar surface area (TPSA) is 30.5 Å². The third-order valence-corrected chi connectivity index (χ3v) is 3.55. The average molecular weight is 249 g/mol. The van der Waals surface area contributed by atoms with Crippen molar-refractivity contribution in [1.29, 1.82) is 0 Å². The van der Waals surface area contributed by atoms with Crippen molar-refractivity contribution in [1.82, 2.24) is 5.32 Å². The lowest BCUT2D eigenvalue weighted by Crippen LogP contribution is -2.45. The molecule has 0 unspecified atom stereocenters. The van der Waals surface area contributed by atoms with Crippen LogP contribution >= 0.6 is 0 Å². The van der Waals surface area contributed by atoms with Gasteiger partial charge < -0.3 is 14.8 Å². The minimum Gasteiger partial charge on any atom is -0.496 e. The van der Waals surface area contributed by atoms with Gasteiger partial charge in [-0.15, -0.1) is 0 Å². The molecule has 0 heterocycles. The standard InChI is InChI=1S/C15H23NO2/c1-4-18-14-8-13(9-14)16-10-12-5-6-15(17-3)11(2)7-12/h5-7,13-14,16H,4,8-10H2,1-3H3. The van der Waals surface area contributed by atoms with Crippen LogP contribution in [-0.4, -0.2) is 25.9 Å². The molecular formula is C15H23NO2. The molecule has 0 spiro atoms. The molecule has 1 aliphatic carbocycles. The number of rotatable bonds is 6. The Morgan fingerprint density at radius 2 is 2.11 bits per heavy atom. The van der Waals surface area contributed by atoms with Crippen molar-refractivity contribution in [3.05, 3.63) is 29.3 Å². The molecule has 1 saturated carbocycles. The highest BCUT2D eigenvalue weighted by Crippen LogP contribution is 2.24. The Morgan fingerprint density at radius 3 is 2.72 bits per heavy atom. The van der Waals surface area contributed by atoms with Crippen LogP contribution in [0.3, 0.4) is 0 Å². The number of aryl methyl sites for hydroxylation is 1. The highest BCUT2D eigenvalue weighted by Gasteiger charge is 2.28. The molecule has 1 fully saturated rings. The number of methoxy groups -OCH3 is 1. The minimum absolute atomic E-state index is 0.477. The van der Waals surface area contributed by atoms with Crippen LogP contribution in [0.15, 0.2) is 18.2 Å². The van der Waals surface area contributed by atoms with Crippen LogP contribution in [0.25, 0.3) is 0 Å². The number of benzene rings is 1. The van der Waals surface area contributed by atoms with Gasteiger partial charge in [-0.25, -0.2) is 0 Å². The van der Waals surface area contributed by atoms with Crippen LogP contribution in [0.2, 0.25) is 0 Å². The van der Waals surface area contributed by atoms with Gasteiger partial charge in [0.15, 0.2) is 0 Å². The van der Waals surface area contributed by atoms with E-state index >= 15 is 0 Å². The summed E-state index contributed by atoms with van der Waals surface area (Å²) < 4.78 is 10.8. The first-order valence-corrected chi connectivity index (χ1v) is 6.71. The zero-order chi connectivity index (χ0) is 13.0. The van der Waals surface area contributed by atoms with E-state index in [9.17, 15) is 0 Å². The fourth-order valence-electron chi connectivity index (χ4n) is 2.42. The molecule has 18 heavy (non-hydrogen) atoms. The van der Waals surface area contributed by atoms with Crippen LogP contribution in [0, 0.1) is 6.92 Å². The molecule has 0 aromatic heterocycles. The fourth-order valence-corrected chi connectivity index (χ4v) is 2.42. The molecular weight excluding hydrogens is 226 g/mol. The summed E-state index contributed by atoms with van der Waals surface area (Å²) in [5.74, 6) is 0.957. The van der Waals surface area contributed by atoms with Crippen molar-refractivity contribution in [3.8, 4) is 5.75 Å². The molecule has 3 heteroatoms. The molecule has 0 aliphatic heterocycles. The number of hydrogen-bond acceptors (Lipinski definition) is 3. The summed E-state index contributed by atoms with van der Waals surface area (Å²) in [6.07, 6.45) is 2.76. The van der Waals surface area contributed by atoms with Gasteiger partial charge in [0.2, 0.25) is 0 Å². The van der Waals surface area contributed by atoms with Crippen molar-refractivity contribution in [2.75, 3.05) is 13.7 Å². The summed E-state index contributed by atoms with van der Waals surface area (Å²) in [6.45, 7) is 5.89. The third-order valence-electron chi connectivity index (χ3n) is 3.55. The second-order valence-electron chi connectivity index (χ2n) is 4.93. The SMILES string of the molecule is CCOC1CC(NCc2ccc(OC)c(C)c2)C1. The Labute approximate surface area is 109 Å². The number of nitrogens with one attached hydrogen (secondary N) is 1. The van der Waals surface area contributed by atoms with E-state index in [4.69, 9.17) is 9.47 Å². The van der Waals surface area contributed by atoms with E-state index in [1.165, 1.54) is 11.1 Å². The molecule has 1 aliphatic rings. The van der Waals surface area contributed by atoms with Gasteiger partial charge >= 0.3 is 0 Å². The van der Waals surface area contributed by atoms with Crippen LogP contribution < -0.4 is 10.1 Å². The van der Waals surface area contributed by atoms with Gasteiger partial charge in [0, 0.05) is 19.2 Å². The second-order valence-corrected chi connectivity index (χ2v) is 4.93. The predicted molar refractivity (Wildman–Crippen MR) is 73.0 cm³/mol. The Bertz CT molecular complexity index is 386. The summed E-state index contributed by atoms with van der Waals surface area (Å²) in [7, 11) is 1.71. The van der Waals surface area contributed by atoms with Gasteiger partial charge in [0.1, 0.15) is 5.75 Å². The van der Waals surface area contributed by atoms with Crippen LogP contribution in [-0.2, 0) is 11.3 Å². The van der Waals surface area contributed by atoms with E-state index in [-0.39, 0.29) is 0 Å². The van der Waals surface area contributed by atoms with Gasteiger partial charge in [-0.05, 0) is 43.9 Å². The molecule has 0 bridgehead atoms. The highest BCUT2D eigenvalue weighted by molar-refractivity contribution is 5.36. The molecule has 0 amide bonds. The van der Waals surface area contributed by atoms with Crippen LogP contribution in [0.1, 0.15) is 30.9 Å². The van der Waals surface area contributed by atoms with E-state index in [0.29, 0.717) is 12.1 Å². The number of ether oxygens (including phenoxy) is 2. The summed E-state index contributed by atoms with van der Waals surface area (Å²) in [5, 5.41) is 3.57. The minimum atomic E-state index is 0.477. The van der Waals surface area contributed by atoms with E-state index in [0.717, 1.165) is 31.7 Å². The van der Waals surface area contributed by atoms with Gasteiger partial charge in [0.25, 0.3) is 0 Å². The Hall–Kier alpha value is -1.06. The van der Waals surface area contributed by atoms with E-state index in [1.807, 2.05) is 6.07 Å².